The van der Waals surface area contributed by atoms with E-state index < -0.39 is 47.8 Å². The second kappa shape index (κ2) is 18.8. The summed E-state index contributed by atoms with van der Waals surface area (Å²) < 4.78 is 0. The van der Waals surface area contributed by atoms with Crippen LogP contribution in [0.1, 0.15) is 43.2 Å². The molecule has 0 saturated carbocycles. The number of nitrogens with one attached hydrogen (secondary N) is 5. The SMILES string of the molecule is N=C(N)NCCC[C@@H](N)C(=O)N[C@@H](Cc1ccc(O)cc1)C(=O)N[C@@H](CCCCN)C(=O)N[C@@H](Cc1ccccc1)C(N)=O. The lowest BCUT2D eigenvalue weighted by atomic mass is 10.0. The Hall–Kier alpha value is -4.69. The van der Waals surface area contributed by atoms with Gasteiger partial charge < -0.3 is 49.3 Å². The second-order valence-corrected chi connectivity index (χ2v) is 10.5. The minimum absolute atomic E-state index is 0.0381. The van der Waals surface area contributed by atoms with Crippen LogP contribution in [0, 0.1) is 5.41 Å². The summed E-state index contributed by atoms with van der Waals surface area (Å²) in [5, 5.41) is 27.6. The molecule has 14 heteroatoms. The van der Waals surface area contributed by atoms with E-state index in [2.05, 4.69) is 21.3 Å². The second-order valence-electron chi connectivity index (χ2n) is 10.5. The highest BCUT2D eigenvalue weighted by molar-refractivity contribution is 5.94. The molecule has 2 rings (SSSR count). The first-order valence-electron chi connectivity index (χ1n) is 14.6. The summed E-state index contributed by atoms with van der Waals surface area (Å²) in [6.45, 7) is 0.740. The van der Waals surface area contributed by atoms with Crippen molar-refractivity contribution in [1.82, 2.24) is 21.3 Å². The number of guanidine groups is 1. The van der Waals surface area contributed by atoms with Gasteiger partial charge in [-0.1, -0.05) is 42.5 Å². The predicted molar refractivity (Wildman–Crippen MR) is 167 cm³/mol. The quantitative estimate of drug-likeness (QED) is 0.0520. The van der Waals surface area contributed by atoms with Gasteiger partial charge >= 0.3 is 0 Å². The molecule has 0 aliphatic heterocycles. The molecule has 0 aliphatic carbocycles. The molecule has 0 saturated heterocycles. The van der Waals surface area contributed by atoms with Crippen LogP contribution in [0.2, 0.25) is 0 Å². The minimum atomic E-state index is -1.12. The fourth-order valence-electron chi connectivity index (χ4n) is 4.41. The summed E-state index contributed by atoms with van der Waals surface area (Å²) in [5.74, 6) is -2.69. The van der Waals surface area contributed by atoms with Crippen LogP contribution in [0.3, 0.4) is 0 Å². The highest BCUT2D eigenvalue weighted by Gasteiger charge is 2.30. The lowest BCUT2D eigenvalue weighted by Gasteiger charge is -2.26. The molecule has 14 nitrogen and oxygen atoms in total. The molecular formula is C30H45N9O5. The zero-order chi connectivity index (χ0) is 32.5. The Kier molecular flexibility index (Phi) is 15.1. The van der Waals surface area contributed by atoms with Gasteiger partial charge in [0.05, 0.1) is 6.04 Å². The van der Waals surface area contributed by atoms with Crippen LogP contribution in [-0.4, -0.2) is 72.0 Å². The van der Waals surface area contributed by atoms with E-state index in [1.807, 2.05) is 30.3 Å². The van der Waals surface area contributed by atoms with Crippen molar-refractivity contribution in [3.63, 3.8) is 0 Å². The van der Waals surface area contributed by atoms with E-state index in [0.717, 1.165) is 5.56 Å². The van der Waals surface area contributed by atoms with E-state index in [-0.39, 0.29) is 37.4 Å². The number of primary amides is 1. The third-order valence-corrected chi connectivity index (χ3v) is 6.88. The fourth-order valence-corrected chi connectivity index (χ4v) is 4.41. The van der Waals surface area contributed by atoms with Gasteiger partial charge in [-0.2, -0.15) is 0 Å². The molecule has 14 N–H and O–H groups in total. The van der Waals surface area contributed by atoms with Crippen molar-refractivity contribution in [3.05, 3.63) is 65.7 Å². The maximum Gasteiger partial charge on any atom is 0.243 e. The van der Waals surface area contributed by atoms with Crippen molar-refractivity contribution in [2.45, 2.75) is 69.1 Å². The summed E-state index contributed by atoms with van der Waals surface area (Å²) in [6.07, 6.45) is 2.29. The third kappa shape index (κ3) is 13.1. The van der Waals surface area contributed by atoms with Crippen molar-refractivity contribution < 1.29 is 24.3 Å². The minimum Gasteiger partial charge on any atom is -0.508 e. The van der Waals surface area contributed by atoms with Gasteiger partial charge in [0.1, 0.15) is 23.9 Å². The molecule has 0 bridgehead atoms. The molecule has 0 aliphatic rings. The monoisotopic (exact) mass is 611 g/mol. The number of benzene rings is 2. The van der Waals surface area contributed by atoms with Crippen molar-refractivity contribution in [3.8, 4) is 5.75 Å². The Morgan fingerprint density at radius 3 is 1.91 bits per heavy atom. The van der Waals surface area contributed by atoms with Crippen LogP contribution >= 0.6 is 0 Å². The number of hydrogen-bond acceptors (Lipinski definition) is 8. The molecule has 0 fully saturated rings. The number of amides is 4. The molecule has 2 aromatic rings. The van der Waals surface area contributed by atoms with Gasteiger partial charge in [0, 0.05) is 19.4 Å². The van der Waals surface area contributed by atoms with Crippen LogP contribution in [0.15, 0.2) is 54.6 Å². The molecule has 0 aromatic heterocycles. The van der Waals surface area contributed by atoms with E-state index in [1.54, 1.807) is 12.1 Å². The summed E-state index contributed by atoms with van der Waals surface area (Å²) in [7, 11) is 0. The van der Waals surface area contributed by atoms with Gasteiger partial charge in [0.2, 0.25) is 23.6 Å². The number of carbonyl (C=O) groups excluding carboxylic acids is 4. The van der Waals surface area contributed by atoms with Gasteiger partial charge in [-0.15, -0.1) is 0 Å². The van der Waals surface area contributed by atoms with Crippen LogP contribution < -0.4 is 44.2 Å². The molecule has 0 unspecified atom stereocenters. The number of rotatable bonds is 19. The molecular weight excluding hydrogens is 566 g/mol. The van der Waals surface area contributed by atoms with E-state index in [4.69, 9.17) is 28.3 Å². The Morgan fingerprint density at radius 2 is 1.30 bits per heavy atom. The van der Waals surface area contributed by atoms with Crippen molar-refractivity contribution in [2.24, 2.45) is 22.9 Å². The number of unbranched alkanes of at least 4 members (excludes halogenated alkanes) is 1. The maximum atomic E-state index is 13.6. The first-order chi connectivity index (χ1) is 21.0. The van der Waals surface area contributed by atoms with Gasteiger partial charge in [-0.05, 0) is 61.9 Å². The molecule has 0 heterocycles. The highest BCUT2D eigenvalue weighted by atomic mass is 16.3. The van der Waals surface area contributed by atoms with Crippen molar-refractivity contribution >= 4 is 29.6 Å². The lowest BCUT2D eigenvalue weighted by molar-refractivity contribution is -0.133. The molecule has 4 amide bonds. The molecule has 0 spiro atoms. The largest absolute Gasteiger partial charge is 0.508 e. The highest BCUT2D eigenvalue weighted by Crippen LogP contribution is 2.13. The van der Waals surface area contributed by atoms with Crippen LogP contribution in [-0.2, 0) is 32.0 Å². The zero-order valence-corrected chi connectivity index (χ0v) is 24.8. The average molecular weight is 612 g/mol. The first kappa shape index (κ1) is 35.5. The van der Waals surface area contributed by atoms with Gasteiger partial charge in [0.15, 0.2) is 5.96 Å². The van der Waals surface area contributed by atoms with E-state index >= 15 is 0 Å². The Bertz CT molecular complexity index is 1230. The van der Waals surface area contributed by atoms with Crippen molar-refractivity contribution in [1.29, 1.82) is 5.41 Å². The Labute approximate surface area is 257 Å². The number of phenolic OH excluding ortho intramolecular Hbond substituents is 1. The molecule has 240 valence electrons. The summed E-state index contributed by atoms with van der Waals surface area (Å²) >= 11 is 0. The van der Waals surface area contributed by atoms with Gasteiger partial charge in [-0.3, -0.25) is 24.6 Å². The number of phenols is 1. The number of aromatic hydroxyl groups is 1. The summed E-state index contributed by atoms with van der Waals surface area (Å²) in [6, 6.07) is 11.1. The molecule has 2 aromatic carbocycles. The third-order valence-electron chi connectivity index (χ3n) is 6.88. The molecule has 4 atom stereocenters. The van der Waals surface area contributed by atoms with Crippen LogP contribution in [0.25, 0.3) is 0 Å². The van der Waals surface area contributed by atoms with Gasteiger partial charge in [-0.25, -0.2) is 0 Å². The smallest absolute Gasteiger partial charge is 0.243 e. The normalized spacial score (nSPS) is 13.5. The fraction of sp³-hybridized carbons (Fsp3) is 0.433. The Balaban J connectivity index is 2.20. The molecule has 44 heavy (non-hydrogen) atoms. The number of nitrogens with two attached hydrogens (primary N) is 4. The lowest BCUT2D eigenvalue weighted by Crippen LogP contribution is -2.58. The average Bonchev–Trinajstić information content (AvgIpc) is 2.99. The van der Waals surface area contributed by atoms with Crippen LogP contribution in [0.5, 0.6) is 5.75 Å². The topological polar surface area (TPSA) is 265 Å². The molecule has 0 radical (unpaired) electrons. The van der Waals surface area contributed by atoms with E-state index in [0.29, 0.717) is 37.9 Å². The first-order valence-corrected chi connectivity index (χ1v) is 14.6. The van der Waals surface area contributed by atoms with E-state index in [9.17, 15) is 24.3 Å². The Morgan fingerprint density at radius 1 is 0.727 bits per heavy atom. The van der Waals surface area contributed by atoms with Gasteiger partial charge in [0.25, 0.3) is 0 Å². The number of hydrogen-bond donors (Lipinski definition) is 10. The predicted octanol–water partition coefficient (Wildman–Crippen LogP) is -1.16. The maximum absolute atomic E-state index is 13.6. The van der Waals surface area contributed by atoms with Crippen LogP contribution in [0.4, 0.5) is 0 Å². The summed E-state index contributed by atoms with van der Waals surface area (Å²) in [4.78, 5) is 52.2. The summed E-state index contributed by atoms with van der Waals surface area (Å²) in [5.41, 5.74) is 24.0. The van der Waals surface area contributed by atoms with Crippen molar-refractivity contribution in [2.75, 3.05) is 13.1 Å². The van der Waals surface area contributed by atoms with E-state index in [1.165, 1.54) is 12.1 Å². The zero-order valence-electron chi connectivity index (χ0n) is 24.8. The standard InChI is InChI=1S/C30H45N9O5/c31-15-5-4-10-23(28(43)38-24(26(33)41)17-19-7-2-1-3-8-19)37-29(44)25(18-20-11-13-21(40)14-12-20)39-27(42)22(32)9-6-16-36-30(34)35/h1-3,7-8,11-14,22-25,40H,4-6,9-10,15-18,31-32H2,(H2,33,41)(H,37,44)(H,38,43)(H,39,42)(H4,34,35,36)/t22-,23+,24+,25+/m1/s1. The number of carbonyl (C=O) groups is 4.